The Bertz CT molecular complexity index is 1640. The maximum atomic E-state index is 12.1. The smallest absolute Gasteiger partial charge is 0.187 e. The van der Waals surface area contributed by atoms with Crippen LogP contribution in [-0.2, 0) is 37.9 Å². The minimum atomic E-state index is -1.76. The van der Waals surface area contributed by atoms with Crippen molar-refractivity contribution in [1.29, 1.82) is 0 Å². The molecule has 0 aromatic rings. The molecule has 9 N–H and O–H groups in total. The van der Waals surface area contributed by atoms with Gasteiger partial charge in [-0.3, -0.25) is 0 Å². The number of rotatable bonds is 7. The van der Waals surface area contributed by atoms with Gasteiger partial charge in [-0.15, -0.1) is 0 Å². The minimum Gasteiger partial charge on any atom is -0.394 e. The summed E-state index contributed by atoms with van der Waals surface area (Å²) in [5.41, 5.74) is 1.63. The summed E-state index contributed by atoms with van der Waals surface area (Å²) in [6, 6.07) is 0. The zero-order valence-electron chi connectivity index (χ0n) is 35.6. The Morgan fingerprint density at radius 2 is 1.54 bits per heavy atom. The highest BCUT2D eigenvalue weighted by atomic mass is 16.8. The molecule has 0 amide bonds. The fraction of sp³-hybridized carbons (Fsp3) is 0.909. The largest absolute Gasteiger partial charge is 0.394 e. The lowest BCUT2D eigenvalue weighted by Gasteiger charge is -2.60. The van der Waals surface area contributed by atoms with Crippen LogP contribution in [0, 0.1) is 40.4 Å². The van der Waals surface area contributed by atoms with Gasteiger partial charge >= 0.3 is 0 Å². The third kappa shape index (κ3) is 7.25. The fourth-order valence-corrected chi connectivity index (χ4v) is 13.7. The molecule has 346 valence electrons. The number of allylic oxidation sites excluding steroid dienone is 1. The third-order valence-corrected chi connectivity index (χ3v) is 17.1. The first-order valence-corrected chi connectivity index (χ1v) is 22.5. The highest BCUT2D eigenvalue weighted by molar-refractivity contribution is 5.29. The molecule has 4 aliphatic carbocycles. The fourth-order valence-electron chi connectivity index (χ4n) is 13.7. The Balaban J connectivity index is 0.995. The molecule has 5 saturated heterocycles. The maximum absolute atomic E-state index is 12.1. The van der Waals surface area contributed by atoms with Gasteiger partial charge in [-0.2, -0.15) is 0 Å². The lowest BCUT2D eigenvalue weighted by Crippen LogP contribution is -2.67. The number of aliphatic hydroxyl groups excluding tert-OH is 9. The van der Waals surface area contributed by atoms with Gasteiger partial charge in [0.25, 0.3) is 0 Å². The number of hydrogen-bond acceptors (Lipinski definition) is 17. The molecule has 5 heterocycles. The van der Waals surface area contributed by atoms with Crippen LogP contribution in [-0.4, -0.2) is 176 Å². The summed E-state index contributed by atoms with van der Waals surface area (Å²) in [6.45, 7) is 12.0. The van der Waals surface area contributed by atoms with E-state index in [1.54, 1.807) is 0 Å². The first kappa shape index (κ1) is 45.0. The van der Waals surface area contributed by atoms with Crippen molar-refractivity contribution in [2.75, 3.05) is 19.8 Å². The van der Waals surface area contributed by atoms with E-state index in [1.165, 1.54) is 6.92 Å². The molecule has 25 atom stereocenters. The molecule has 8 fully saturated rings. The average molecular weight is 869 g/mol. The van der Waals surface area contributed by atoms with E-state index in [4.69, 9.17) is 37.9 Å². The number of aliphatic hydroxyl groups is 9. The maximum Gasteiger partial charge on any atom is 0.187 e. The number of fused-ring (bicyclic) bond motifs is 7. The predicted molar refractivity (Wildman–Crippen MR) is 210 cm³/mol. The molecule has 61 heavy (non-hydrogen) atoms. The zero-order valence-corrected chi connectivity index (χ0v) is 35.6. The molecule has 17 heteroatoms. The van der Waals surface area contributed by atoms with E-state index in [1.807, 2.05) is 0 Å². The number of hydrogen-bond donors (Lipinski definition) is 9. The second-order valence-electron chi connectivity index (χ2n) is 20.3. The molecule has 5 aliphatic heterocycles. The summed E-state index contributed by atoms with van der Waals surface area (Å²) in [7, 11) is 0. The summed E-state index contributed by atoms with van der Waals surface area (Å²) < 4.78 is 50.2. The topological polar surface area (TPSA) is 256 Å². The van der Waals surface area contributed by atoms with Crippen LogP contribution in [0.25, 0.3) is 0 Å². The monoisotopic (exact) mass is 868 g/mol. The summed E-state index contributed by atoms with van der Waals surface area (Å²) in [4.78, 5) is 0. The van der Waals surface area contributed by atoms with Crippen molar-refractivity contribution in [3.63, 3.8) is 0 Å². The van der Waals surface area contributed by atoms with Crippen LogP contribution in [0.1, 0.15) is 79.1 Å². The summed E-state index contributed by atoms with van der Waals surface area (Å²) in [5.74, 6) is 0.816. The zero-order chi connectivity index (χ0) is 43.5. The van der Waals surface area contributed by atoms with Crippen molar-refractivity contribution < 1.29 is 83.9 Å². The molecule has 0 radical (unpaired) electrons. The molecule has 3 saturated carbocycles. The van der Waals surface area contributed by atoms with E-state index in [-0.39, 0.29) is 36.4 Å². The molecule has 0 aromatic carbocycles. The number of ether oxygens (including phenoxy) is 8. The third-order valence-electron chi connectivity index (χ3n) is 17.1. The van der Waals surface area contributed by atoms with Gasteiger partial charge in [0, 0.05) is 24.2 Å². The van der Waals surface area contributed by atoms with Crippen molar-refractivity contribution in [2.45, 2.75) is 189 Å². The van der Waals surface area contributed by atoms with E-state index in [9.17, 15) is 46.0 Å². The van der Waals surface area contributed by atoms with Gasteiger partial charge in [0.2, 0.25) is 0 Å². The van der Waals surface area contributed by atoms with Crippen molar-refractivity contribution in [3.05, 3.63) is 23.8 Å². The van der Waals surface area contributed by atoms with Crippen LogP contribution in [0.15, 0.2) is 23.8 Å². The minimum absolute atomic E-state index is 0.0254. The van der Waals surface area contributed by atoms with Crippen LogP contribution in [0.5, 0.6) is 0 Å². The normalized spacial score (nSPS) is 57.2. The van der Waals surface area contributed by atoms with Gasteiger partial charge in [-0.05, 0) is 74.5 Å². The van der Waals surface area contributed by atoms with E-state index >= 15 is 0 Å². The Morgan fingerprint density at radius 3 is 2.26 bits per heavy atom. The van der Waals surface area contributed by atoms with Crippen LogP contribution in [0.3, 0.4) is 0 Å². The molecule has 9 aliphatic rings. The van der Waals surface area contributed by atoms with Gasteiger partial charge in [0.1, 0.15) is 61.0 Å². The molecule has 0 unspecified atom stereocenters. The SMILES string of the molecule is C=C1CC[C@@]2(OC1)O[C@H]1C[C@H]3[C@@H]4CC=C5C[C@@H](O)C[C@@H](O[C@@H]6O[C@H](CO)[C@@H](O[C@@H]7OC[C@@H](O)[C@H](O)[C@H]7O)[C@H](O)[C@H]6O[C@@H]6O[C@@H](C)[C@H](O)[C@@H](O)[C@H]6O)[C@]5(C)[C@H]4CC[C@]3(C)[C@H]1[C@@H]2C. The quantitative estimate of drug-likeness (QED) is 0.150. The molecule has 17 nitrogen and oxygen atoms in total. The van der Waals surface area contributed by atoms with Gasteiger partial charge in [-0.1, -0.05) is 44.6 Å². The van der Waals surface area contributed by atoms with E-state index in [0.717, 1.165) is 49.7 Å². The van der Waals surface area contributed by atoms with Crippen LogP contribution >= 0.6 is 0 Å². The molecular weight excluding hydrogens is 800 g/mol. The van der Waals surface area contributed by atoms with E-state index in [0.29, 0.717) is 30.8 Å². The van der Waals surface area contributed by atoms with E-state index in [2.05, 4.69) is 33.4 Å². The Labute approximate surface area is 356 Å². The van der Waals surface area contributed by atoms with Crippen LogP contribution in [0.4, 0.5) is 0 Å². The predicted octanol–water partition coefficient (Wildman–Crippen LogP) is -0.256. The highest BCUT2D eigenvalue weighted by Gasteiger charge is 2.69. The standard InChI is InChI=1S/C44H68O17/c1-18-8-11-44(55-16-18)19(2)30-27(61-44)14-25-23-7-6-21-12-22(46)13-29(43(21,5)24(23)9-10-42(25,30)4)58-41-38(60-40-35(52)33(50)31(48)20(3)56-40)36(53)37(28(15-45)57-41)59-39-34(51)32(49)26(47)17-54-39/h6,19-20,22-41,45-53H,1,7-17H2,2-5H3/t19-,20-,22+,23+,24-,25-,26+,27-,28+,29+,30-,31-,32-,33+,34+,35+,36-,37+,38+,39-,40-,41-,42-,43-,44+/m0/s1. The Kier molecular flexibility index (Phi) is 12.2. The van der Waals surface area contributed by atoms with Gasteiger partial charge < -0.3 is 83.9 Å². The van der Waals surface area contributed by atoms with E-state index < -0.39 is 116 Å². The lowest BCUT2D eigenvalue weighted by atomic mass is 9.46. The second kappa shape index (κ2) is 16.6. The Morgan fingerprint density at radius 1 is 0.803 bits per heavy atom. The summed E-state index contributed by atoms with van der Waals surface area (Å²) in [5, 5.41) is 97.4. The molecule has 9 rings (SSSR count). The Hall–Kier alpha value is -1.20. The average Bonchev–Trinajstić information content (AvgIpc) is 3.68. The molecular formula is C44H68O17. The summed E-state index contributed by atoms with van der Waals surface area (Å²) >= 11 is 0. The highest BCUT2D eigenvalue weighted by Crippen LogP contribution is 2.71. The van der Waals surface area contributed by atoms with Crippen molar-refractivity contribution in [3.8, 4) is 0 Å². The first-order valence-electron chi connectivity index (χ1n) is 22.5. The van der Waals surface area contributed by atoms with Gasteiger partial charge in [-0.25, -0.2) is 0 Å². The molecule has 1 spiro atoms. The first-order chi connectivity index (χ1) is 28.9. The van der Waals surface area contributed by atoms with Crippen LogP contribution in [0.2, 0.25) is 0 Å². The van der Waals surface area contributed by atoms with Crippen molar-refractivity contribution >= 4 is 0 Å². The molecule has 0 aromatic heterocycles. The van der Waals surface area contributed by atoms with Gasteiger partial charge in [0.15, 0.2) is 24.7 Å². The van der Waals surface area contributed by atoms with Crippen LogP contribution < -0.4 is 0 Å². The van der Waals surface area contributed by atoms with Crippen molar-refractivity contribution in [1.82, 2.24) is 0 Å². The lowest BCUT2D eigenvalue weighted by molar-refractivity contribution is -0.389. The van der Waals surface area contributed by atoms with Crippen molar-refractivity contribution in [2.24, 2.45) is 40.4 Å². The second-order valence-corrected chi connectivity index (χ2v) is 20.3. The van der Waals surface area contributed by atoms with Gasteiger partial charge in [0.05, 0.1) is 44.2 Å². The summed E-state index contributed by atoms with van der Waals surface area (Å²) in [6.07, 6.45) is -14.2. The molecule has 0 bridgehead atoms.